The van der Waals surface area contributed by atoms with Gasteiger partial charge < -0.3 is 74.1 Å². The first kappa shape index (κ1) is 63.0. The van der Waals surface area contributed by atoms with Gasteiger partial charge in [0.2, 0.25) is 53.2 Å². The van der Waals surface area contributed by atoms with Crippen LogP contribution in [0, 0.1) is 11.8 Å². The first-order chi connectivity index (χ1) is 37.3. The molecule has 1 fully saturated rings. The predicted molar refractivity (Wildman–Crippen MR) is 288 cm³/mol. The van der Waals surface area contributed by atoms with Crippen molar-refractivity contribution in [2.75, 3.05) is 20.2 Å². The zero-order chi connectivity index (χ0) is 58.6. The van der Waals surface area contributed by atoms with E-state index in [2.05, 4.69) is 52.2 Å². The normalized spacial score (nSPS) is 16.1. The Kier molecular flexibility index (Phi) is 23.8. The number of guanidine groups is 1. The van der Waals surface area contributed by atoms with E-state index in [0.717, 1.165) is 12.5 Å². The minimum atomic E-state index is -1.51. The maximum atomic E-state index is 14.7. The standard InChI is InChI=1S/C53H76N14O12/c1-29(2)42(64-44(71)36(15-11-21-58-52(55)56)61-45(72)38(25-41(54)70)60-31(5)68)48(75)62-37(23-32-17-19-35(69)20-18-32)46(73)65-43(30(3)4)49(76)63-39(24-34-27-57-28-59-34)50(77)67-22-12-16-40(67)47(74)66-53(6,51(78)79-7)26-33-13-9-8-10-14-33/h8-10,13-14,17-20,27-30,36-40,42-43,69H,11-12,15-16,21-26H2,1-7H3,(H2,54,70)(H,57,59)(H,60,68)(H,61,72)(H,62,75)(H,63,76)(H,64,71)(H,65,73)(H,66,74)(H4,55,56,58)/t36-,37-,38-,39-,40-,42-,43-,53-/m0/s1. The number of primary amides is 1. The summed E-state index contributed by atoms with van der Waals surface area (Å²) in [6, 6.07) is 5.56. The number of phenolic OH excluding ortho intramolecular Hbond substituents is 1. The van der Waals surface area contributed by atoms with E-state index >= 15 is 0 Å². The third kappa shape index (κ3) is 19.4. The van der Waals surface area contributed by atoms with Crippen LogP contribution in [0.5, 0.6) is 5.75 Å². The number of amides is 9. The van der Waals surface area contributed by atoms with Gasteiger partial charge in [-0.05, 0) is 67.7 Å². The number of H-pyrrole nitrogens is 1. The Morgan fingerprint density at radius 3 is 1.89 bits per heavy atom. The molecule has 1 aliphatic rings. The number of rotatable bonds is 29. The molecule has 4 rings (SSSR count). The minimum Gasteiger partial charge on any atom is -0.508 e. The van der Waals surface area contributed by atoms with Crippen molar-refractivity contribution >= 4 is 65.1 Å². The molecule has 26 nitrogen and oxygen atoms in total. The van der Waals surface area contributed by atoms with Gasteiger partial charge in [-0.2, -0.15) is 0 Å². The maximum Gasteiger partial charge on any atom is 0.331 e. The summed E-state index contributed by atoms with van der Waals surface area (Å²) in [4.78, 5) is 149. The van der Waals surface area contributed by atoms with Gasteiger partial charge in [-0.1, -0.05) is 70.2 Å². The molecule has 0 aliphatic carbocycles. The fraction of sp³-hybridized carbons (Fsp3) is 0.509. The number of hydrogen-bond donors (Lipinski definition) is 12. The summed E-state index contributed by atoms with van der Waals surface area (Å²) >= 11 is 0. The Hall–Kier alpha value is -8.58. The number of carbonyl (C=O) groups excluding carboxylic acids is 10. The second-order valence-corrected chi connectivity index (χ2v) is 20.3. The van der Waals surface area contributed by atoms with Gasteiger partial charge in [0.05, 0.1) is 19.9 Å². The Bertz CT molecular complexity index is 2610. The Morgan fingerprint density at radius 1 is 0.759 bits per heavy atom. The molecule has 2 aromatic carbocycles. The van der Waals surface area contributed by atoms with Gasteiger partial charge in [0.25, 0.3) is 0 Å². The molecule has 9 amide bonds. The van der Waals surface area contributed by atoms with Crippen molar-refractivity contribution in [3.63, 3.8) is 0 Å². The molecule has 0 unspecified atom stereocenters. The fourth-order valence-corrected chi connectivity index (χ4v) is 8.95. The van der Waals surface area contributed by atoms with Gasteiger partial charge in [0.15, 0.2) is 5.96 Å². The number of imidazole rings is 1. The van der Waals surface area contributed by atoms with Crippen LogP contribution >= 0.6 is 0 Å². The Balaban J connectivity index is 1.60. The zero-order valence-electron chi connectivity index (χ0n) is 45.6. The number of ether oxygens (including phenoxy) is 1. The number of aromatic hydroxyl groups is 1. The van der Waals surface area contributed by atoms with E-state index in [4.69, 9.17) is 21.9 Å². The number of phenols is 1. The number of benzene rings is 2. The molecule has 3 aromatic rings. The van der Waals surface area contributed by atoms with Gasteiger partial charge in [-0.25, -0.2) is 9.78 Å². The maximum absolute atomic E-state index is 14.7. The van der Waals surface area contributed by atoms with Crippen LogP contribution in [0.25, 0.3) is 0 Å². The lowest BCUT2D eigenvalue weighted by molar-refractivity contribution is -0.151. The average Bonchev–Trinajstić information content (AvgIpc) is 4.14. The van der Waals surface area contributed by atoms with Crippen LogP contribution in [0.2, 0.25) is 0 Å². The highest BCUT2D eigenvalue weighted by atomic mass is 16.5. The zero-order valence-corrected chi connectivity index (χ0v) is 45.6. The molecule has 0 radical (unpaired) electrons. The first-order valence-corrected chi connectivity index (χ1v) is 25.9. The van der Waals surface area contributed by atoms with E-state index in [0.29, 0.717) is 17.7 Å². The highest BCUT2D eigenvalue weighted by Crippen LogP contribution is 2.23. The number of methoxy groups -OCH3 is 1. The number of nitrogens with one attached hydrogen (secondary N) is 8. The largest absolute Gasteiger partial charge is 0.508 e. The molecule has 1 aromatic heterocycles. The topological polar surface area (TPSA) is 407 Å². The van der Waals surface area contributed by atoms with Gasteiger partial charge in [0.1, 0.15) is 53.6 Å². The highest BCUT2D eigenvalue weighted by molar-refractivity contribution is 5.99. The number of aliphatic imine (C=N–C) groups is 1. The molecule has 0 saturated carbocycles. The van der Waals surface area contributed by atoms with Crippen LogP contribution in [0.4, 0.5) is 0 Å². The van der Waals surface area contributed by atoms with Crippen molar-refractivity contribution in [2.45, 2.75) is 141 Å². The number of carbonyl (C=O) groups is 10. The van der Waals surface area contributed by atoms with E-state index in [1.54, 1.807) is 58.9 Å². The number of esters is 1. The van der Waals surface area contributed by atoms with E-state index in [-0.39, 0.29) is 63.3 Å². The highest BCUT2D eigenvalue weighted by Gasteiger charge is 2.44. The van der Waals surface area contributed by atoms with Crippen LogP contribution in [0.1, 0.15) is 90.5 Å². The SMILES string of the molecule is COC(=O)[C@](C)(Cc1ccccc1)NC(=O)[C@@H]1CCCN1C(=O)[C@H](Cc1cnc[nH]1)NC(=O)[C@@H](NC(=O)[C@H](Cc1ccc(O)cc1)NC(=O)[C@@H](NC(=O)[C@H](CCCN=C(N)N)NC(=O)[C@H](CC(N)=O)NC(C)=O)C(C)C)C(C)C. The molecule has 1 saturated heterocycles. The quantitative estimate of drug-likeness (QED) is 0.0160. The van der Waals surface area contributed by atoms with E-state index in [1.807, 2.05) is 6.07 Å². The fourth-order valence-electron chi connectivity index (χ4n) is 8.95. The molecule has 15 N–H and O–H groups in total. The van der Waals surface area contributed by atoms with Crippen molar-refractivity contribution in [1.82, 2.24) is 52.1 Å². The van der Waals surface area contributed by atoms with Gasteiger partial charge in [-0.15, -0.1) is 0 Å². The van der Waals surface area contributed by atoms with Crippen molar-refractivity contribution < 1.29 is 57.8 Å². The van der Waals surface area contributed by atoms with E-state index < -0.39 is 125 Å². The smallest absolute Gasteiger partial charge is 0.331 e. The number of hydrogen-bond acceptors (Lipinski definition) is 14. The van der Waals surface area contributed by atoms with Crippen LogP contribution in [0.15, 0.2) is 72.1 Å². The summed E-state index contributed by atoms with van der Waals surface area (Å²) in [5.41, 5.74) is 16.4. The molecule has 0 spiro atoms. The minimum absolute atomic E-state index is 0.0457. The summed E-state index contributed by atoms with van der Waals surface area (Å²) < 4.78 is 5.09. The summed E-state index contributed by atoms with van der Waals surface area (Å²) in [7, 11) is 1.21. The van der Waals surface area contributed by atoms with Crippen LogP contribution < -0.4 is 54.4 Å². The van der Waals surface area contributed by atoms with E-state index in [9.17, 15) is 53.1 Å². The van der Waals surface area contributed by atoms with Crippen LogP contribution in [-0.4, -0.2) is 153 Å². The monoisotopic (exact) mass is 1100 g/mol. The molecule has 26 heteroatoms. The number of nitrogens with zero attached hydrogens (tertiary/aromatic N) is 3. The van der Waals surface area contributed by atoms with Gasteiger partial charge in [0, 0.05) is 51.2 Å². The lowest BCUT2D eigenvalue weighted by Gasteiger charge is -2.33. The number of likely N-dealkylation sites (tertiary alicyclic amines) is 1. The third-order valence-corrected chi connectivity index (χ3v) is 13.0. The van der Waals surface area contributed by atoms with Crippen molar-refractivity contribution in [1.29, 1.82) is 0 Å². The number of aromatic amines is 1. The second kappa shape index (κ2) is 29.8. The van der Waals surface area contributed by atoms with Crippen molar-refractivity contribution in [3.8, 4) is 5.75 Å². The number of nitrogens with two attached hydrogens (primary N) is 3. The number of aromatic nitrogens is 2. The molecule has 79 heavy (non-hydrogen) atoms. The second-order valence-electron chi connectivity index (χ2n) is 20.3. The molecule has 8 atom stereocenters. The molecular weight excluding hydrogens is 1020 g/mol. The summed E-state index contributed by atoms with van der Waals surface area (Å²) in [5.74, 6) is -9.29. The van der Waals surface area contributed by atoms with Crippen molar-refractivity contribution in [3.05, 3.63) is 83.9 Å². The third-order valence-electron chi connectivity index (χ3n) is 13.0. The van der Waals surface area contributed by atoms with Crippen LogP contribution in [0.3, 0.4) is 0 Å². The summed E-state index contributed by atoms with van der Waals surface area (Å²) in [5, 5.41) is 28.6. The molecule has 430 valence electrons. The molecule has 0 bridgehead atoms. The van der Waals surface area contributed by atoms with Gasteiger partial charge >= 0.3 is 5.97 Å². The van der Waals surface area contributed by atoms with E-state index in [1.165, 1.54) is 48.8 Å². The first-order valence-electron chi connectivity index (χ1n) is 25.9. The summed E-state index contributed by atoms with van der Waals surface area (Å²) in [6.07, 6.45) is 2.84. The van der Waals surface area contributed by atoms with Crippen molar-refractivity contribution in [2.24, 2.45) is 34.0 Å². The average molecular weight is 1100 g/mol. The Morgan fingerprint density at radius 2 is 1.34 bits per heavy atom. The summed E-state index contributed by atoms with van der Waals surface area (Å²) in [6.45, 7) is 9.40. The van der Waals surface area contributed by atoms with Crippen LogP contribution in [-0.2, 0) is 71.9 Å². The Labute approximate surface area is 458 Å². The lowest BCUT2D eigenvalue weighted by atomic mass is 9.92. The molecule has 2 heterocycles. The van der Waals surface area contributed by atoms with Gasteiger partial charge in [-0.3, -0.25) is 48.1 Å². The predicted octanol–water partition coefficient (Wildman–Crippen LogP) is -1.65. The molecule has 1 aliphatic heterocycles. The molecular formula is C53H76N14O12. The lowest BCUT2D eigenvalue weighted by Crippen LogP contribution is -2.62.